The normalized spacial score (nSPS) is 16.9. The maximum atomic E-state index is 7.17. The Morgan fingerprint density at radius 3 is 3.23 bits per heavy atom. The summed E-state index contributed by atoms with van der Waals surface area (Å²) in [4.78, 5) is 2.09. The minimum Gasteiger partial charge on any atom is -0.387 e. The van der Waals surface area contributed by atoms with E-state index in [4.69, 9.17) is 11.1 Å². The summed E-state index contributed by atoms with van der Waals surface area (Å²) in [6.45, 7) is 3.05. The van der Waals surface area contributed by atoms with Crippen molar-refractivity contribution < 1.29 is 0 Å². The lowest BCUT2D eigenvalue weighted by Gasteiger charge is -2.25. The predicted octanol–water partition coefficient (Wildman–Crippen LogP) is -0.970. The predicted molar refractivity (Wildman–Crippen MR) is 47.2 cm³/mol. The quantitative estimate of drug-likeness (QED) is 0.453. The van der Waals surface area contributed by atoms with Gasteiger partial charge in [-0.1, -0.05) is 0 Å². The molecule has 0 unspecified atom stereocenters. The zero-order chi connectivity index (χ0) is 9.26. The van der Waals surface area contributed by atoms with Crippen LogP contribution in [0.3, 0.4) is 0 Å². The molecule has 2 rings (SSSR count). The second-order valence-electron chi connectivity index (χ2n) is 3.18. The molecule has 2 heterocycles. The Kier molecular flexibility index (Phi) is 1.97. The third kappa shape index (κ3) is 1.67. The van der Waals surface area contributed by atoms with Crippen molar-refractivity contribution in [3.63, 3.8) is 0 Å². The Labute approximate surface area is 75.9 Å². The molecule has 3 N–H and O–H groups in total. The van der Waals surface area contributed by atoms with E-state index >= 15 is 0 Å². The van der Waals surface area contributed by atoms with Crippen LogP contribution in [0.2, 0.25) is 0 Å². The molecule has 0 amide bonds. The first-order chi connectivity index (χ1) is 6.25. The Bertz CT molecular complexity index is 317. The molecule has 0 atom stereocenters. The largest absolute Gasteiger partial charge is 0.387 e. The Balaban J connectivity index is 2.04. The molecule has 1 aromatic rings. The van der Waals surface area contributed by atoms with Crippen molar-refractivity contribution >= 4 is 5.84 Å². The van der Waals surface area contributed by atoms with E-state index in [1.165, 1.54) is 0 Å². The van der Waals surface area contributed by atoms with E-state index in [0.717, 1.165) is 25.5 Å². The van der Waals surface area contributed by atoms with Crippen molar-refractivity contribution in [1.29, 1.82) is 5.41 Å². The number of nitrogens with zero attached hydrogens (tertiary/aromatic N) is 4. The second-order valence-corrected chi connectivity index (χ2v) is 3.18. The standard InChI is InChI=1S/C7H12N6/c8-6(9)3-12-1-2-13-5-10-11-7(13)4-12/h5H,1-4H2,(H3,8,9). The summed E-state index contributed by atoms with van der Waals surface area (Å²) in [7, 11) is 0. The van der Waals surface area contributed by atoms with E-state index in [9.17, 15) is 0 Å². The Morgan fingerprint density at radius 2 is 2.46 bits per heavy atom. The number of hydrogen-bond donors (Lipinski definition) is 2. The average Bonchev–Trinajstić information content (AvgIpc) is 2.49. The van der Waals surface area contributed by atoms with E-state index in [1.54, 1.807) is 6.33 Å². The summed E-state index contributed by atoms with van der Waals surface area (Å²) in [5.41, 5.74) is 5.32. The van der Waals surface area contributed by atoms with E-state index in [1.807, 2.05) is 4.57 Å². The average molecular weight is 180 g/mol. The van der Waals surface area contributed by atoms with Gasteiger partial charge in [-0.05, 0) is 0 Å². The fraction of sp³-hybridized carbons (Fsp3) is 0.571. The molecule has 6 heteroatoms. The van der Waals surface area contributed by atoms with Crippen molar-refractivity contribution in [2.24, 2.45) is 5.73 Å². The molecule has 13 heavy (non-hydrogen) atoms. The van der Waals surface area contributed by atoms with E-state index in [-0.39, 0.29) is 5.84 Å². The zero-order valence-corrected chi connectivity index (χ0v) is 7.27. The molecular weight excluding hydrogens is 168 g/mol. The topological polar surface area (TPSA) is 83.8 Å². The van der Waals surface area contributed by atoms with Gasteiger partial charge in [0.25, 0.3) is 0 Å². The summed E-state index contributed by atoms with van der Waals surface area (Å²) in [5, 5.41) is 15.0. The van der Waals surface area contributed by atoms with Crippen LogP contribution in [0.5, 0.6) is 0 Å². The number of amidine groups is 1. The second kappa shape index (κ2) is 3.14. The van der Waals surface area contributed by atoms with Crippen molar-refractivity contribution in [2.75, 3.05) is 13.1 Å². The van der Waals surface area contributed by atoms with Gasteiger partial charge in [0.15, 0.2) is 0 Å². The van der Waals surface area contributed by atoms with Gasteiger partial charge in [0, 0.05) is 13.1 Å². The van der Waals surface area contributed by atoms with Gasteiger partial charge in [0.05, 0.1) is 13.1 Å². The number of hydrogen-bond acceptors (Lipinski definition) is 4. The molecule has 0 fully saturated rings. The molecule has 6 nitrogen and oxygen atoms in total. The number of aromatic nitrogens is 3. The number of rotatable bonds is 2. The number of nitrogens with one attached hydrogen (secondary N) is 1. The zero-order valence-electron chi connectivity index (χ0n) is 7.27. The summed E-state index contributed by atoms with van der Waals surface area (Å²) in [6, 6.07) is 0. The van der Waals surface area contributed by atoms with E-state index in [0.29, 0.717) is 6.54 Å². The lowest BCUT2D eigenvalue weighted by atomic mass is 10.3. The number of fused-ring (bicyclic) bond motifs is 1. The van der Waals surface area contributed by atoms with Crippen LogP contribution in [0.25, 0.3) is 0 Å². The summed E-state index contributed by atoms with van der Waals surface area (Å²) >= 11 is 0. The van der Waals surface area contributed by atoms with Crippen LogP contribution in [-0.4, -0.2) is 38.6 Å². The van der Waals surface area contributed by atoms with E-state index in [2.05, 4.69) is 15.1 Å². The van der Waals surface area contributed by atoms with Crippen LogP contribution in [0.15, 0.2) is 6.33 Å². The molecule has 1 aliphatic heterocycles. The molecule has 0 spiro atoms. The van der Waals surface area contributed by atoms with Gasteiger partial charge in [-0.3, -0.25) is 10.3 Å². The highest BCUT2D eigenvalue weighted by Crippen LogP contribution is 2.07. The molecule has 0 radical (unpaired) electrons. The minimum atomic E-state index is 0.202. The van der Waals surface area contributed by atoms with Gasteiger partial charge >= 0.3 is 0 Å². The monoisotopic (exact) mass is 180 g/mol. The highest BCUT2D eigenvalue weighted by molar-refractivity contribution is 5.78. The van der Waals surface area contributed by atoms with Crippen LogP contribution in [-0.2, 0) is 13.1 Å². The summed E-state index contributed by atoms with van der Waals surface area (Å²) < 4.78 is 2.02. The van der Waals surface area contributed by atoms with Crippen LogP contribution in [0.1, 0.15) is 5.82 Å². The highest BCUT2D eigenvalue weighted by atomic mass is 15.3. The SMILES string of the molecule is N=C(N)CN1CCn2cnnc2C1. The number of nitrogens with two attached hydrogens (primary N) is 1. The molecule has 0 saturated carbocycles. The van der Waals surface area contributed by atoms with Gasteiger partial charge in [0.1, 0.15) is 18.0 Å². The van der Waals surface area contributed by atoms with Gasteiger partial charge in [-0.2, -0.15) is 0 Å². The first-order valence-corrected chi connectivity index (χ1v) is 4.17. The molecular formula is C7H12N6. The molecule has 1 aromatic heterocycles. The van der Waals surface area contributed by atoms with Gasteiger partial charge in [-0.25, -0.2) is 0 Å². The maximum Gasteiger partial charge on any atom is 0.147 e. The minimum absolute atomic E-state index is 0.202. The fourth-order valence-electron chi connectivity index (χ4n) is 1.49. The van der Waals surface area contributed by atoms with Crippen molar-refractivity contribution in [2.45, 2.75) is 13.1 Å². The van der Waals surface area contributed by atoms with Gasteiger partial charge in [0.2, 0.25) is 0 Å². The van der Waals surface area contributed by atoms with Gasteiger partial charge in [-0.15, -0.1) is 10.2 Å². The third-order valence-corrected chi connectivity index (χ3v) is 2.11. The first kappa shape index (κ1) is 8.18. The smallest absolute Gasteiger partial charge is 0.147 e. The first-order valence-electron chi connectivity index (χ1n) is 4.17. The van der Waals surface area contributed by atoms with Crippen molar-refractivity contribution in [3.8, 4) is 0 Å². The summed E-state index contributed by atoms with van der Waals surface area (Å²) in [6.07, 6.45) is 1.74. The van der Waals surface area contributed by atoms with Gasteiger partial charge < -0.3 is 10.3 Å². The van der Waals surface area contributed by atoms with E-state index < -0.39 is 0 Å². The fourth-order valence-corrected chi connectivity index (χ4v) is 1.49. The maximum absolute atomic E-state index is 7.17. The third-order valence-electron chi connectivity index (χ3n) is 2.11. The summed E-state index contributed by atoms with van der Waals surface area (Å²) in [5.74, 6) is 1.15. The van der Waals surface area contributed by atoms with Crippen molar-refractivity contribution in [1.82, 2.24) is 19.7 Å². The molecule has 0 bridgehead atoms. The van der Waals surface area contributed by atoms with Crippen molar-refractivity contribution in [3.05, 3.63) is 12.2 Å². The highest BCUT2D eigenvalue weighted by Gasteiger charge is 2.17. The van der Waals surface area contributed by atoms with Crippen LogP contribution in [0.4, 0.5) is 0 Å². The molecule has 0 saturated heterocycles. The Hall–Kier alpha value is -1.43. The lowest BCUT2D eigenvalue weighted by Crippen LogP contribution is -2.39. The Morgan fingerprint density at radius 1 is 1.62 bits per heavy atom. The molecule has 1 aliphatic rings. The van der Waals surface area contributed by atoms with Crippen LogP contribution >= 0.6 is 0 Å². The van der Waals surface area contributed by atoms with Crippen LogP contribution < -0.4 is 5.73 Å². The molecule has 70 valence electrons. The van der Waals surface area contributed by atoms with Crippen LogP contribution in [0, 0.1) is 5.41 Å². The molecule has 0 aromatic carbocycles. The lowest BCUT2D eigenvalue weighted by molar-refractivity contribution is 0.245. The molecule has 0 aliphatic carbocycles.